The first-order chi connectivity index (χ1) is 12.7. The molecule has 0 aromatic carbocycles. The maximum Gasteiger partial charge on any atom is 0.152 e. The fraction of sp³-hybridized carbons (Fsp3) is 0.474. The number of rotatable bonds is 5. The molecule has 0 unspecified atom stereocenters. The topological polar surface area (TPSA) is 64.7 Å². The Hall–Kier alpha value is -2.54. The Bertz CT molecular complexity index is 844. The first kappa shape index (κ1) is 16.9. The van der Waals surface area contributed by atoms with Gasteiger partial charge in [-0.1, -0.05) is 0 Å². The van der Waals surface area contributed by atoms with Crippen molar-refractivity contribution in [2.75, 3.05) is 13.1 Å². The van der Waals surface area contributed by atoms with Gasteiger partial charge in [0.2, 0.25) is 0 Å². The highest BCUT2D eigenvalue weighted by Crippen LogP contribution is 2.27. The van der Waals surface area contributed by atoms with Crippen molar-refractivity contribution in [3.8, 4) is 0 Å². The van der Waals surface area contributed by atoms with Crippen molar-refractivity contribution in [2.45, 2.75) is 38.8 Å². The van der Waals surface area contributed by atoms with E-state index in [2.05, 4.69) is 53.4 Å². The molecule has 4 rings (SSSR count). The molecule has 3 aromatic rings. The molecule has 1 saturated heterocycles. The Morgan fingerprint density at radius 2 is 1.81 bits per heavy atom. The highest BCUT2D eigenvalue weighted by Gasteiger charge is 2.25. The zero-order chi connectivity index (χ0) is 17.9. The highest BCUT2D eigenvalue weighted by atomic mass is 15.3. The molecular weight excluding hydrogens is 326 g/mol. The number of hydrogen-bond donors (Lipinski definition) is 0. The Balaban J connectivity index is 1.38. The van der Waals surface area contributed by atoms with E-state index in [1.807, 2.05) is 31.7 Å². The van der Waals surface area contributed by atoms with E-state index in [0.29, 0.717) is 5.92 Å². The third kappa shape index (κ3) is 3.53. The van der Waals surface area contributed by atoms with Crippen LogP contribution in [-0.4, -0.2) is 47.3 Å². The number of pyridine rings is 1. The fourth-order valence-electron chi connectivity index (χ4n) is 3.69. The second-order valence-corrected chi connectivity index (χ2v) is 7.04. The van der Waals surface area contributed by atoms with E-state index in [1.54, 1.807) is 0 Å². The summed E-state index contributed by atoms with van der Waals surface area (Å²) in [5.41, 5.74) is 1.33. The van der Waals surface area contributed by atoms with Crippen LogP contribution in [0.1, 0.15) is 41.8 Å². The van der Waals surface area contributed by atoms with Crippen molar-refractivity contribution in [1.29, 1.82) is 0 Å². The summed E-state index contributed by atoms with van der Waals surface area (Å²) in [6, 6.07) is 4.19. The summed E-state index contributed by atoms with van der Waals surface area (Å²) in [4.78, 5) is 10.9. The van der Waals surface area contributed by atoms with E-state index in [1.165, 1.54) is 5.56 Å². The standard InChI is InChI=1S/C19H25N7/c1-15-21-9-12-26(15)14-18-22-23-19(24(18)2)17-5-10-25(11-6-17)13-16-3-7-20-8-4-16/h3-4,7-9,12,17H,5-6,10-11,13-14H2,1-2H3. The van der Waals surface area contributed by atoms with Crippen LogP contribution in [0.4, 0.5) is 0 Å². The second kappa shape index (κ2) is 7.37. The summed E-state index contributed by atoms with van der Waals surface area (Å²) in [7, 11) is 2.08. The van der Waals surface area contributed by atoms with Crippen LogP contribution in [0.3, 0.4) is 0 Å². The van der Waals surface area contributed by atoms with Crippen molar-refractivity contribution in [2.24, 2.45) is 7.05 Å². The highest BCUT2D eigenvalue weighted by molar-refractivity contribution is 5.10. The average Bonchev–Trinajstić information content (AvgIpc) is 3.23. The minimum Gasteiger partial charge on any atom is -0.328 e. The molecule has 0 atom stereocenters. The largest absolute Gasteiger partial charge is 0.328 e. The smallest absolute Gasteiger partial charge is 0.152 e. The lowest BCUT2D eigenvalue weighted by molar-refractivity contribution is 0.200. The second-order valence-electron chi connectivity index (χ2n) is 7.04. The molecule has 26 heavy (non-hydrogen) atoms. The number of hydrogen-bond acceptors (Lipinski definition) is 5. The number of piperidine rings is 1. The number of aryl methyl sites for hydroxylation is 1. The van der Waals surface area contributed by atoms with Crippen LogP contribution in [0.5, 0.6) is 0 Å². The van der Waals surface area contributed by atoms with E-state index in [4.69, 9.17) is 0 Å². The first-order valence-corrected chi connectivity index (χ1v) is 9.18. The van der Waals surface area contributed by atoms with E-state index in [0.717, 1.165) is 56.5 Å². The van der Waals surface area contributed by atoms with Crippen molar-refractivity contribution < 1.29 is 0 Å². The molecule has 1 fully saturated rings. The molecular formula is C19H25N7. The first-order valence-electron chi connectivity index (χ1n) is 9.18. The zero-order valence-electron chi connectivity index (χ0n) is 15.4. The maximum absolute atomic E-state index is 4.51. The summed E-state index contributed by atoms with van der Waals surface area (Å²) in [6.07, 6.45) is 9.80. The van der Waals surface area contributed by atoms with Gasteiger partial charge in [-0.15, -0.1) is 10.2 Å². The Kier molecular flexibility index (Phi) is 4.79. The molecule has 1 aliphatic rings. The van der Waals surface area contributed by atoms with Crippen LogP contribution in [0.2, 0.25) is 0 Å². The van der Waals surface area contributed by atoms with E-state index < -0.39 is 0 Å². The average molecular weight is 351 g/mol. The molecule has 0 spiro atoms. The third-order valence-corrected chi connectivity index (χ3v) is 5.34. The van der Waals surface area contributed by atoms with Gasteiger partial charge in [0.05, 0.1) is 6.54 Å². The predicted octanol–water partition coefficient (Wildman–Crippen LogP) is 2.14. The number of aromatic nitrogens is 6. The molecule has 7 heteroatoms. The maximum atomic E-state index is 4.51. The lowest BCUT2D eigenvalue weighted by Gasteiger charge is -2.31. The van der Waals surface area contributed by atoms with Gasteiger partial charge in [0.25, 0.3) is 0 Å². The Morgan fingerprint density at radius 1 is 1.04 bits per heavy atom. The molecule has 0 saturated carbocycles. The van der Waals surface area contributed by atoms with E-state index >= 15 is 0 Å². The van der Waals surface area contributed by atoms with Gasteiger partial charge in [0.1, 0.15) is 11.6 Å². The van der Waals surface area contributed by atoms with Crippen LogP contribution >= 0.6 is 0 Å². The van der Waals surface area contributed by atoms with Gasteiger partial charge in [0, 0.05) is 44.3 Å². The van der Waals surface area contributed by atoms with Gasteiger partial charge in [-0.2, -0.15) is 0 Å². The van der Waals surface area contributed by atoms with Crippen LogP contribution < -0.4 is 0 Å². The normalized spacial score (nSPS) is 16.2. The van der Waals surface area contributed by atoms with Gasteiger partial charge in [-0.3, -0.25) is 9.88 Å². The van der Waals surface area contributed by atoms with Crippen LogP contribution in [0.25, 0.3) is 0 Å². The molecule has 0 amide bonds. The lowest BCUT2D eigenvalue weighted by atomic mass is 9.95. The van der Waals surface area contributed by atoms with Gasteiger partial charge < -0.3 is 9.13 Å². The number of nitrogens with zero attached hydrogens (tertiary/aromatic N) is 7. The molecule has 3 aromatic heterocycles. The van der Waals surface area contributed by atoms with Crippen molar-refractivity contribution in [1.82, 2.24) is 34.2 Å². The van der Waals surface area contributed by atoms with Crippen molar-refractivity contribution in [3.05, 3.63) is 60.0 Å². The fourth-order valence-corrected chi connectivity index (χ4v) is 3.69. The van der Waals surface area contributed by atoms with Gasteiger partial charge in [0.15, 0.2) is 5.82 Å². The zero-order valence-corrected chi connectivity index (χ0v) is 15.4. The minimum absolute atomic E-state index is 0.485. The summed E-state index contributed by atoms with van der Waals surface area (Å²) in [5, 5.41) is 8.95. The van der Waals surface area contributed by atoms with Gasteiger partial charge >= 0.3 is 0 Å². The Morgan fingerprint density at radius 3 is 2.50 bits per heavy atom. The van der Waals surface area contributed by atoms with Crippen molar-refractivity contribution >= 4 is 0 Å². The lowest BCUT2D eigenvalue weighted by Crippen LogP contribution is -2.33. The van der Waals surface area contributed by atoms with Crippen LogP contribution in [-0.2, 0) is 20.1 Å². The summed E-state index contributed by atoms with van der Waals surface area (Å²) in [6.45, 7) is 5.91. The van der Waals surface area contributed by atoms with Crippen molar-refractivity contribution in [3.63, 3.8) is 0 Å². The molecule has 0 aliphatic carbocycles. The summed E-state index contributed by atoms with van der Waals surface area (Å²) in [5.74, 6) is 3.58. The third-order valence-electron chi connectivity index (χ3n) is 5.34. The molecule has 0 bridgehead atoms. The molecule has 7 nitrogen and oxygen atoms in total. The monoisotopic (exact) mass is 351 g/mol. The summed E-state index contributed by atoms with van der Waals surface area (Å²) < 4.78 is 4.27. The minimum atomic E-state index is 0.485. The SMILES string of the molecule is Cc1nccn1Cc1nnc(C2CCN(Cc3ccncc3)CC2)n1C. The molecule has 0 N–H and O–H groups in total. The van der Waals surface area contributed by atoms with Crippen LogP contribution in [0, 0.1) is 6.92 Å². The van der Waals surface area contributed by atoms with E-state index in [-0.39, 0.29) is 0 Å². The number of imidazole rings is 1. The van der Waals surface area contributed by atoms with E-state index in [9.17, 15) is 0 Å². The van der Waals surface area contributed by atoms with Gasteiger partial charge in [-0.05, 0) is 50.6 Å². The number of likely N-dealkylation sites (tertiary alicyclic amines) is 1. The molecule has 1 aliphatic heterocycles. The van der Waals surface area contributed by atoms with Gasteiger partial charge in [-0.25, -0.2) is 4.98 Å². The quantitative estimate of drug-likeness (QED) is 0.705. The van der Waals surface area contributed by atoms with Crippen LogP contribution in [0.15, 0.2) is 36.9 Å². The predicted molar refractivity (Wildman–Crippen MR) is 98.6 cm³/mol. The molecule has 136 valence electrons. The Labute approximate surface area is 153 Å². The molecule has 4 heterocycles. The molecule has 0 radical (unpaired) electrons. The summed E-state index contributed by atoms with van der Waals surface area (Å²) >= 11 is 0.